The normalized spacial score (nSPS) is 51.5. The Bertz CT molecular complexity index is 837. The SMILES string of the molecule is C=C(C)[C@H](O)CC[C@](C)(O)[C@H]1CC[C@]2(C)[C@@H]1[C@H](O)C[C@@H]1[C@@]3(C)[C@H](O)C[C@@H](O)C(C)(C)[C@@H]3CC[C@]12C. The van der Waals surface area contributed by atoms with Crippen LogP contribution in [0.5, 0.6) is 0 Å². The fourth-order valence-corrected chi connectivity index (χ4v) is 10.2. The van der Waals surface area contributed by atoms with Gasteiger partial charge in [-0.2, -0.15) is 0 Å². The van der Waals surface area contributed by atoms with Crippen molar-refractivity contribution in [3.63, 3.8) is 0 Å². The van der Waals surface area contributed by atoms with E-state index in [1.807, 2.05) is 13.8 Å². The molecular weight excluding hydrogens is 440 g/mol. The fraction of sp³-hybridized carbons (Fsp3) is 0.933. The van der Waals surface area contributed by atoms with Crippen molar-refractivity contribution in [1.29, 1.82) is 0 Å². The first kappa shape index (κ1) is 27.6. The van der Waals surface area contributed by atoms with Gasteiger partial charge >= 0.3 is 0 Å². The molecule has 5 N–H and O–H groups in total. The number of hydrogen-bond acceptors (Lipinski definition) is 5. The Morgan fingerprint density at radius 1 is 0.943 bits per heavy atom. The van der Waals surface area contributed by atoms with Crippen LogP contribution in [0.3, 0.4) is 0 Å². The van der Waals surface area contributed by atoms with Crippen LogP contribution in [0.4, 0.5) is 0 Å². The zero-order valence-electron chi connectivity index (χ0n) is 23.2. The number of rotatable bonds is 5. The Labute approximate surface area is 213 Å². The molecule has 4 aliphatic carbocycles. The van der Waals surface area contributed by atoms with E-state index in [1.165, 1.54) is 0 Å². The summed E-state index contributed by atoms with van der Waals surface area (Å²) in [5.41, 5.74) is -1.11. The van der Waals surface area contributed by atoms with E-state index >= 15 is 0 Å². The smallest absolute Gasteiger partial charge is 0.0745 e. The average molecular weight is 493 g/mol. The molecule has 0 aromatic heterocycles. The van der Waals surface area contributed by atoms with Crippen LogP contribution in [0, 0.1) is 45.3 Å². The molecule has 4 rings (SSSR count). The van der Waals surface area contributed by atoms with E-state index in [4.69, 9.17) is 0 Å². The molecule has 4 fully saturated rings. The quantitative estimate of drug-likeness (QED) is 0.365. The molecule has 0 heterocycles. The lowest BCUT2D eigenvalue weighted by Gasteiger charge is -2.71. The monoisotopic (exact) mass is 492 g/mol. The van der Waals surface area contributed by atoms with Crippen LogP contribution < -0.4 is 0 Å². The Balaban J connectivity index is 1.67. The minimum atomic E-state index is -0.972. The highest BCUT2D eigenvalue weighted by atomic mass is 16.3. The lowest BCUT2D eigenvalue weighted by molar-refractivity contribution is -0.274. The minimum Gasteiger partial charge on any atom is -0.393 e. The molecule has 0 aromatic carbocycles. The van der Waals surface area contributed by atoms with Gasteiger partial charge in [-0.25, -0.2) is 0 Å². The third kappa shape index (κ3) is 3.73. The van der Waals surface area contributed by atoms with Gasteiger partial charge in [-0.3, -0.25) is 0 Å². The zero-order chi connectivity index (χ0) is 26.4. The van der Waals surface area contributed by atoms with Crippen LogP contribution in [0.2, 0.25) is 0 Å². The van der Waals surface area contributed by atoms with Gasteiger partial charge in [0.1, 0.15) is 0 Å². The molecule has 202 valence electrons. The largest absolute Gasteiger partial charge is 0.393 e. The van der Waals surface area contributed by atoms with Crippen molar-refractivity contribution >= 4 is 0 Å². The first-order valence-electron chi connectivity index (χ1n) is 14.0. The van der Waals surface area contributed by atoms with E-state index in [0.717, 1.165) is 25.7 Å². The highest BCUT2D eigenvalue weighted by Crippen LogP contribution is 2.75. The fourth-order valence-electron chi connectivity index (χ4n) is 10.2. The molecular formula is C30H52O5. The van der Waals surface area contributed by atoms with Crippen LogP contribution in [-0.2, 0) is 0 Å². The molecule has 35 heavy (non-hydrogen) atoms. The van der Waals surface area contributed by atoms with Gasteiger partial charge in [0.05, 0.1) is 30.0 Å². The third-order valence-electron chi connectivity index (χ3n) is 12.8. The maximum Gasteiger partial charge on any atom is 0.0745 e. The third-order valence-corrected chi connectivity index (χ3v) is 12.8. The van der Waals surface area contributed by atoms with Gasteiger partial charge < -0.3 is 25.5 Å². The van der Waals surface area contributed by atoms with Gasteiger partial charge in [-0.05, 0) is 98.7 Å². The molecule has 5 heteroatoms. The van der Waals surface area contributed by atoms with Gasteiger partial charge in [-0.15, -0.1) is 0 Å². The molecule has 12 atom stereocenters. The zero-order valence-corrected chi connectivity index (χ0v) is 23.2. The van der Waals surface area contributed by atoms with Gasteiger partial charge in [0.15, 0.2) is 0 Å². The van der Waals surface area contributed by atoms with Gasteiger partial charge in [0, 0.05) is 11.8 Å². The van der Waals surface area contributed by atoms with Crippen molar-refractivity contribution < 1.29 is 25.5 Å². The second-order valence-electron chi connectivity index (χ2n) is 14.7. The standard InChI is InChI=1S/C30H52O5/c1-17(2)19(31)10-14-29(7,35)18-9-12-28(6)25(18)20(32)15-22-27(28,5)13-11-21-26(3,4)23(33)16-24(34)30(21,22)8/h18-25,31-35H,1,9-16H2,2-8H3/t18-,19+,20+,21-,22-,23+,24+,25-,27+,28+,29-,30-/m0/s1. The predicted molar refractivity (Wildman–Crippen MR) is 138 cm³/mol. The maximum atomic E-state index is 11.8. The summed E-state index contributed by atoms with van der Waals surface area (Å²) in [6, 6.07) is 0. The topological polar surface area (TPSA) is 101 Å². The van der Waals surface area contributed by atoms with Gasteiger partial charge in [0.25, 0.3) is 0 Å². The summed E-state index contributed by atoms with van der Waals surface area (Å²) < 4.78 is 0. The summed E-state index contributed by atoms with van der Waals surface area (Å²) in [5, 5.41) is 56.0. The number of hydrogen-bond donors (Lipinski definition) is 5. The molecule has 0 saturated heterocycles. The highest BCUT2D eigenvalue weighted by Gasteiger charge is 2.72. The van der Waals surface area contributed by atoms with Gasteiger partial charge in [-0.1, -0.05) is 46.8 Å². The van der Waals surface area contributed by atoms with Crippen molar-refractivity contribution in [2.45, 2.75) is 130 Å². The number of fused-ring (bicyclic) bond motifs is 5. The molecule has 0 spiro atoms. The second kappa shape index (κ2) is 8.53. The first-order chi connectivity index (χ1) is 15.9. The van der Waals surface area contributed by atoms with E-state index in [2.05, 4.69) is 41.2 Å². The molecule has 0 aliphatic heterocycles. The summed E-state index contributed by atoms with van der Waals surface area (Å²) in [4.78, 5) is 0. The summed E-state index contributed by atoms with van der Waals surface area (Å²) in [7, 11) is 0. The van der Waals surface area contributed by atoms with Crippen molar-refractivity contribution in [2.24, 2.45) is 45.3 Å². The van der Waals surface area contributed by atoms with E-state index in [-0.39, 0.29) is 45.3 Å². The maximum absolute atomic E-state index is 11.8. The second-order valence-corrected chi connectivity index (χ2v) is 14.7. The summed E-state index contributed by atoms with van der Waals surface area (Å²) >= 11 is 0. The van der Waals surface area contributed by atoms with Crippen LogP contribution in [0.15, 0.2) is 12.2 Å². The first-order valence-corrected chi connectivity index (χ1v) is 14.0. The lowest BCUT2D eigenvalue weighted by atomic mass is 9.34. The predicted octanol–water partition coefficient (Wildman–Crippen LogP) is 4.44. The van der Waals surface area contributed by atoms with Crippen molar-refractivity contribution in [3.8, 4) is 0 Å². The Morgan fingerprint density at radius 3 is 2.14 bits per heavy atom. The van der Waals surface area contributed by atoms with Crippen LogP contribution in [0.1, 0.15) is 99.8 Å². The average Bonchev–Trinajstić information content (AvgIpc) is 3.13. The van der Waals surface area contributed by atoms with Crippen molar-refractivity contribution in [2.75, 3.05) is 0 Å². The molecule has 4 aliphatic rings. The lowest BCUT2D eigenvalue weighted by Crippen LogP contribution is -2.69. The van der Waals surface area contributed by atoms with Crippen LogP contribution in [0.25, 0.3) is 0 Å². The van der Waals surface area contributed by atoms with E-state index in [9.17, 15) is 25.5 Å². The Morgan fingerprint density at radius 2 is 1.54 bits per heavy atom. The molecule has 0 aromatic rings. The molecule has 0 unspecified atom stereocenters. The van der Waals surface area contributed by atoms with Crippen molar-refractivity contribution in [3.05, 3.63) is 12.2 Å². The molecule has 4 saturated carbocycles. The minimum absolute atomic E-state index is 0.0137. The molecule has 0 bridgehead atoms. The van der Waals surface area contributed by atoms with Gasteiger partial charge in [0.2, 0.25) is 0 Å². The van der Waals surface area contributed by atoms with E-state index < -0.39 is 30.0 Å². The van der Waals surface area contributed by atoms with E-state index in [1.54, 1.807) is 0 Å². The summed E-state index contributed by atoms with van der Waals surface area (Å²) in [6.45, 7) is 18.8. The molecule has 5 nitrogen and oxygen atoms in total. The van der Waals surface area contributed by atoms with E-state index in [0.29, 0.717) is 31.3 Å². The number of aliphatic hydroxyl groups is 5. The molecule has 0 radical (unpaired) electrons. The summed E-state index contributed by atoms with van der Waals surface area (Å²) in [6.07, 6.45) is 3.52. The Hall–Kier alpha value is -0.460. The van der Waals surface area contributed by atoms with Crippen LogP contribution >= 0.6 is 0 Å². The Kier molecular flexibility index (Phi) is 6.72. The number of aliphatic hydroxyl groups excluding tert-OH is 4. The van der Waals surface area contributed by atoms with Crippen molar-refractivity contribution in [1.82, 2.24) is 0 Å². The summed E-state index contributed by atoms with van der Waals surface area (Å²) in [5.74, 6) is 0.307. The highest BCUT2D eigenvalue weighted by molar-refractivity contribution is 5.21. The van der Waals surface area contributed by atoms with Crippen LogP contribution in [-0.4, -0.2) is 55.5 Å². The molecule has 0 amide bonds.